The maximum absolute atomic E-state index is 12.7. The summed E-state index contributed by atoms with van der Waals surface area (Å²) in [4.78, 5) is 17.2. The maximum atomic E-state index is 12.7. The number of carbonyl (C=O) groups is 1. The minimum absolute atomic E-state index is 0.118. The lowest BCUT2D eigenvalue weighted by Crippen LogP contribution is -2.30. The van der Waals surface area contributed by atoms with Crippen LogP contribution in [0.25, 0.3) is 0 Å². The smallest absolute Gasteiger partial charge is 0.255 e. The highest BCUT2D eigenvalue weighted by molar-refractivity contribution is 9.10. The van der Waals surface area contributed by atoms with Gasteiger partial charge < -0.3 is 4.90 Å². The molecule has 0 spiro atoms. The van der Waals surface area contributed by atoms with Gasteiger partial charge in [0.15, 0.2) is 0 Å². The third-order valence-electron chi connectivity index (χ3n) is 3.23. The molecule has 1 amide bonds. The van der Waals surface area contributed by atoms with E-state index in [-0.39, 0.29) is 11.3 Å². The van der Waals surface area contributed by atoms with Crippen molar-refractivity contribution in [2.24, 2.45) is 0 Å². The molecule has 2 heterocycles. The summed E-state index contributed by atoms with van der Waals surface area (Å²) in [7, 11) is 0. The van der Waals surface area contributed by atoms with Crippen molar-refractivity contribution in [2.45, 2.75) is 12.3 Å². The topological polar surface area (TPSA) is 20.3 Å². The number of rotatable bonds is 2. The molecule has 3 rings (SSSR count). The van der Waals surface area contributed by atoms with E-state index in [9.17, 15) is 4.79 Å². The summed E-state index contributed by atoms with van der Waals surface area (Å²) in [5.74, 6) is 1.12. The SMILES string of the molecule is Cc1ccc(C2SCCN2C(=O)c2cccc(Br)c2)s1. The number of aryl methyl sites for hydroxylation is 1. The van der Waals surface area contributed by atoms with Gasteiger partial charge in [-0.1, -0.05) is 22.0 Å². The van der Waals surface area contributed by atoms with E-state index in [1.165, 1.54) is 9.75 Å². The number of carbonyl (C=O) groups excluding carboxylic acids is 1. The zero-order valence-corrected chi connectivity index (χ0v) is 14.2. The van der Waals surface area contributed by atoms with Crippen LogP contribution in [0.1, 0.15) is 25.5 Å². The molecule has 2 nitrogen and oxygen atoms in total. The van der Waals surface area contributed by atoms with Gasteiger partial charge in [-0.2, -0.15) is 0 Å². The summed E-state index contributed by atoms with van der Waals surface area (Å²) < 4.78 is 0.943. The molecule has 0 bridgehead atoms. The van der Waals surface area contributed by atoms with Gasteiger partial charge in [-0.05, 0) is 37.3 Å². The normalized spacial score (nSPS) is 18.5. The summed E-state index contributed by atoms with van der Waals surface area (Å²) in [6.45, 7) is 2.92. The molecule has 1 unspecified atom stereocenters. The van der Waals surface area contributed by atoms with Gasteiger partial charge in [0.25, 0.3) is 5.91 Å². The summed E-state index contributed by atoms with van der Waals surface area (Å²) >= 11 is 7.06. The van der Waals surface area contributed by atoms with Crippen LogP contribution < -0.4 is 0 Å². The maximum Gasteiger partial charge on any atom is 0.255 e. The third-order valence-corrected chi connectivity index (χ3v) is 6.17. The predicted octanol–water partition coefficient (Wildman–Crippen LogP) is 4.71. The minimum Gasteiger partial charge on any atom is -0.321 e. The Balaban J connectivity index is 1.87. The number of amides is 1. The lowest BCUT2D eigenvalue weighted by Gasteiger charge is -2.23. The molecule has 1 aromatic carbocycles. The summed E-state index contributed by atoms with van der Waals surface area (Å²) in [5, 5.41) is 0.167. The monoisotopic (exact) mass is 367 g/mol. The number of hydrogen-bond acceptors (Lipinski definition) is 3. The first-order valence-corrected chi connectivity index (χ1v) is 9.05. The molecule has 1 aliphatic heterocycles. The van der Waals surface area contributed by atoms with Crippen LogP contribution in [-0.2, 0) is 0 Å². The number of thioether (sulfide) groups is 1. The predicted molar refractivity (Wildman–Crippen MR) is 89.4 cm³/mol. The second-order valence-electron chi connectivity index (χ2n) is 4.68. The quantitative estimate of drug-likeness (QED) is 0.765. The fraction of sp³-hybridized carbons (Fsp3) is 0.267. The fourth-order valence-electron chi connectivity index (χ4n) is 2.29. The van der Waals surface area contributed by atoms with E-state index in [4.69, 9.17) is 0 Å². The highest BCUT2D eigenvalue weighted by Crippen LogP contribution is 2.41. The van der Waals surface area contributed by atoms with Crippen LogP contribution in [0.15, 0.2) is 40.9 Å². The molecule has 1 atom stereocenters. The van der Waals surface area contributed by atoms with Crippen molar-refractivity contribution < 1.29 is 4.79 Å². The van der Waals surface area contributed by atoms with Crippen LogP contribution in [0.2, 0.25) is 0 Å². The van der Waals surface area contributed by atoms with Crippen LogP contribution in [0.3, 0.4) is 0 Å². The van der Waals surface area contributed by atoms with Gasteiger partial charge >= 0.3 is 0 Å². The molecular weight excluding hydrogens is 354 g/mol. The van der Waals surface area contributed by atoms with Gasteiger partial charge in [0, 0.05) is 32.1 Å². The van der Waals surface area contributed by atoms with Crippen molar-refractivity contribution in [3.8, 4) is 0 Å². The summed E-state index contributed by atoms with van der Waals surface area (Å²) in [5.41, 5.74) is 0.750. The minimum atomic E-state index is 0.118. The number of thiophene rings is 1. The largest absolute Gasteiger partial charge is 0.321 e. The first kappa shape index (κ1) is 14.2. The molecule has 1 aromatic heterocycles. The van der Waals surface area contributed by atoms with E-state index < -0.39 is 0 Å². The Labute approximate surface area is 135 Å². The molecule has 0 aliphatic carbocycles. The van der Waals surface area contributed by atoms with Gasteiger partial charge in [0.2, 0.25) is 0 Å². The van der Waals surface area contributed by atoms with Crippen LogP contribution >= 0.6 is 39.0 Å². The van der Waals surface area contributed by atoms with Crippen molar-refractivity contribution in [3.05, 3.63) is 56.2 Å². The van der Waals surface area contributed by atoms with Crippen molar-refractivity contribution >= 4 is 44.9 Å². The molecule has 20 heavy (non-hydrogen) atoms. The Morgan fingerprint density at radius 3 is 2.90 bits per heavy atom. The molecule has 5 heteroatoms. The first-order valence-electron chi connectivity index (χ1n) is 6.39. The van der Waals surface area contributed by atoms with Crippen molar-refractivity contribution in [3.63, 3.8) is 0 Å². The number of hydrogen-bond donors (Lipinski definition) is 0. The molecule has 0 saturated carbocycles. The number of halogens is 1. The average Bonchev–Trinajstić information content (AvgIpc) is 3.06. The second kappa shape index (κ2) is 5.92. The fourth-order valence-corrected chi connectivity index (χ4v) is 5.06. The van der Waals surface area contributed by atoms with E-state index in [0.29, 0.717) is 0 Å². The molecule has 0 radical (unpaired) electrons. The van der Waals surface area contributed by atoms with Gasteiger partial charge in [0.05, 0.1) is 0 Å². The van der Waals surface area contributed by atoms with E-state index in [1.807, 2.05) is 40.9 Å². The number of benzene rings is 1. The highest BCUT2D eigenvalue weighted by atomic mass is 79.9. The van der Waals surface area contributed by atoms with Crippen molar-refractivity contribution in [2.75, 3.05) is 12.3 Å². The van der Waals surface area contributed by atoms with Gasteiger partial charge in [-0.25, -0.2) is 0 Å². The van der Waals surface area contributed by atoms with E-state index in [1.54, 1.807) is 11.3 Å². The van der Waals surface area contributed by atoms with Crippen LogP contribution in [0, 0.1) is 6.92 Å². The highest BCUT2D eigenvalue weighted by Gasteiger charge is 2.32. The zero-order chi connectivity index (χ0) is 14.1. The third kappa shape index (κ3) is 2.80. The second-order valence-corrected chi connectivity index (χ2v) is 8.10. The zero-order valence-electron chi connectivity index (χ0n) is 11.0. The Kier molecular flexibility index (Phi) is 4.19. The van der Waals surface area contributed by atoms with Crippen molar-refractivity contribution in [1.29, 1.82) is 0 Å². The lowest BCUT2D eigenvalue weighted by molar-refractivity contribution is 0.0762. The molecule has 2 aromatic rings. The number of nitrogens with zero attached hydrogens (tertiary/aromatic N) is 1. The molecular formula is C15H14BrNOS2. The average molecular weight is 368 g/mol. The van der Waals surface area contributed by atoms with Gasteiger partial charge in [-0.15, -0.1) is 23.1 Å². The van der Waals surface area contributed by atoms with Crippen LogP contribution in [-0.4, -0.2) is 23.1 Å². The Morgan fingerprint density at radius 1 is 1.35 bits per heavy atom. The standard InChI is InChI=1S/C15H14BrNOS2/c1-10-5-6-13(20-10)15-17(7-8-19-15)14(18)11-3-2-4-12(16)9-11/h2-6,9,15H,7-8H2,1H3. The lowest BCUT2D eigenvalue weighted by atomic mass is 10.2. The molecule has 1 fully saturated rings. The summed E-state index contributed by atoms with van der Waals surface area (Å²) in [6.07, 6.45) is 0. The molecule has 0 N–H and O–H groups in total. The van der Waals surface area contributed by atoms with E-state index in [0.717, 1.165) is 22.3 Å². The van der Waals surface area contributed by atoms with Gasteiger partial charge in [0.1, 0.15) is 5.37 Å². The van der Waals surface area contributed by atoms with E-state index in [2.05, 4.69) is 35.0 Å². The van der Waals surface area contributed by atoms with Crippen molar-refractivity contribution in [1.82, 2.24) is 4.90 Å². The van der Waals surface area contributed by atoms with Crippen LogP contribution in [0.4, 0.5) is 0 Å². The summed E-state index contributed by atoms with van der Waals surface area (Å²) in [6, 6.07) is 11.9. The Hall–Kier alpha value is -0.780. The molecule has 1 aliphatic rings. The molecule has 104 valence electrons. The van der Waals surface area contributed by atoms with Gasteiger partial charge in [-0.3, -0.25) is 4.79 Å². The Bertz CT molecular complexity index is 640. The van der Waals surface area contributed by atoms with E-state index >= 15 is 0 Å². The van der Waals surface area contributed by atoms with Crippen LogP contribution in [0.5, 0.6) is 0 Å². The Morgan fingerprint density at radius 2 is 2.20 bits per heavy atom. The first-order chi connectivity index (χ1) is 9.65. The molecule has 1 saturated heterocycles.